The van der Waals surface area contributed by atoms with Crippen LogP contribution in [0.1, 0.15) is 18.9 Å². The van der Waals surface area contributed by atoms with Gasteiger partial charge in [0, 0.05) is 18.8 Å². The zero-order chi connectivity index (χ0) is 17.2. The fraction of sp³-hybridized carbons (Fsp3) is 0.263. The van der Waals surface area contributed by atoms with Gasteiger partial charge in [0.15, 0.2) is 5.11 Å². The van der Waals surface area contributed by atoms with Crippen molar-refractivity contribution in [1.29, 1.82) is 0 Å². The van der Waals surface area contributed by atoms with Crippen LogP contribution in [0.2, 0.25) is 0 Å². The van der Waals surface area contributed by atoms with Crippen LogP contribution in [0.5, 0.6) is 0 Å². The summed E-state index contributed by atoms with van der Waals surface area (Å²) in [5.41, 5.74) is 2.07. The Hall–Kier alpha value is -2.40. The SMILES string of the molecule is CCOC(=O)CCN(Cc1ccccc1)C(=S)Nc1ccccc1. The Balaban J connectivity index is 2.03. The fourth-order valence-electron chi connectivity index (χ4n) is 2.24. The number of para-hydroxylation sites is 1. The predicted octanol–water partition coefficient (Wildman–Crippen LogP) is 3.84. The van der Waals surface area contributed by atoms with E-state index < -0.39 is 0 Å². The highest BCUT2D eigenvalue weighted by Crippen LogP contribution is 2.11. The van der Waals surface area contributed by atoms with E-state index in [1.807, 2.05) is 65.6 Å². The van der Waals surface area contributed by atoms with Crippen LogP contribution in [0.4, 0.5) is 5.69 Å². The van der Waals surface area contributed by atoms with E-state index in [1.165, 1.54) is 0 Å². The molecule has 126 valence electrons. The Morgan fingerprint density at radius 3 is 2.33 bits per heavy atom. The molecular formula is C19H22N2O2S. The van der Waals surface area contributed by atoms with Crippen molar-refractivity contribution in [3.05, 3.63) is 66.2 Å². The zero-order valence-corrected chi connectivity index (χ0v) is 14.6. The third-order valence-corrected chi connectivity index (χ3v) is 3.78. The summed E-state index contributed by atoms with van der Waals surface area (Å²) in [7, 11) is 0. The monoisotopic (exact) mass is 342 g/mol. The van der Waals surface area contributed by atoms with Gasteiger partial charge in [-0.1, -0.05) is 48.5 Å². The summed E-state index contributed by atoms with van der Waals surface area (Å²) >= 11 is 5.54. The predicted molar refractivity (Wildman–Crippen MR) is 101 cm³/mol. The first-order valence-corrected chi connectivity index (χ1v) is 8.40. The fourth-order valence-corrected chi connectivity index (χ4v) is 2.51. The number of esters is 1. The molecule has 2 rings (SSSR count). The minimum absolute atomic E-state index is 0.210. The van der Waals surface area contributed by atoms with Crippen molar-refractivity contribution in [3.63, 3.8) is 0 Å². The first-order chi connectivity index (χ1) is 11.7. The summed E-state index contributed by atoms with van der Waals surface area (Å²) in [5.74, 6) is -0.210. The maximum atomic E-state index is 11.7. The number of hydrogen-bond donors (Lipinski definition) is 1. The molecule has 0 saturated carbocycles. The highest BCUT2D eigenvalue weighted by molar-refractivity contribution is 7.80. The molecule has 4 nitrogen and oxygen atoms in total. The van der Waals surface area contributed by atoms with Crippen LogP contribution >= 0.6 is 12.2 Å². The Kier molecular flexibility index (Phi) is 7.23. The van der Waals surface area contributed by atoms with E-state index in [-0.39, 0.29) is 5.97 Å². The van der Waals surface area contributed by atoms with Crippen LogP contribution in [0.15, 0.2) is 60.7 Å². The van der Waals surface area contributed by atoms with Crippen LogP contribution in [0.25, 0.3) is 0 Å². The van der Waals surface area contributed by atoms with Crippen molar-refractivity contribution in [1.82, 2.24) is 4.90 Å². The van der Waals surface area contributed by atoms with Crippen molar-refractivity contribution in [2.45, 2.75) is 19.9 Å². The van der Waals surface area contributed by atoms with Crippen molar-refractivity contribution >= 4 is 29.0 Å². The lowest BCUT2D eigenvalue weighted by molar-refractivity contribution is -0.143. The average Bonchev–Trinajstić information content (AvgIpc) is 2.60. The molecule has 0 radical (unpaired) electrons. The number of hydrogen-bond acceptors (Lipinski definition) is 3. The van der Waals surface area contributed by atoms with E-state index in [0.717, 1.165) is 11.3 Å². The number of nitrogens with zero attached hydrogens (tertiary/aromatic N) is 1. The number of anilines is 1. The summed E-state index contributed by atoms with van der Waals surface area (Å²) in [5, 5.41) is 3.82. The highest BCUT2D eigenvalue weighted by atomic mass is 32.1. The second-order valence-electron chi connectivity index (χ2n) is 5.26. The minimum atomic E-state index is -0.210. The molecule has 0 atom stereocenters. The molecule has 0 heterocycles. The summed E-state index contributed by atoms with van der Waals surface area (Å²) in [6.07, 6.45) is 0.303. The summed E-state index contributed by atoms with van der Waals surface area (Å²) in [4.78, 5) is 13.6. The molecule has 0 aromatic heterocycles. The lowest BCUT2D eigenvalue weighted by Crippen LogP contribution is -2.36. The number of carbonyl (C=O) groups is 1. The number of nitrogens with one attached hydrogen (secondary N) is 1. The van der Waals surface area contributed by atoms with Crippen molar-refractivity contribution in [2.75, 3.05) is 18.5 Å². The van der Waals surface area contributed by atoms with Gasteiger partial charge in [-0.15, -0.1) is 0 Å². The molecule has 0 amide bonds. The Labute approximate surface area is 148 Å². The van der Waals surface area contributed by atoms with Gasteiger partial charge in [-0.2, -0.15) is 0 Å². The lowest BCUT2D eigenvalue weighted by Gasteiger charge is -2.25. The molecule has 0 aliphatic carbocycles. The molecule has 0 aliphatic heterocycles. The van der Waals surface area contributed by atoms with Gasteiger partial charge in [-0.3, -0.25) is 4.79 Å². The quantitative estimate of drug-likeness (QED) is 0.612. The number of carbonyl (C=O) groups excluding carboxylic acids is 1. The molecule has 0 fully saturated rings. The summed E-state index contributed by atoms with van der Waals surface area (Å²) in [6.45, 7) is 3.34. The van der Waals surface area contributed by atoms with Crippen molar-refractivity contribution in [3.8, 4) is 0 Å². The van der Waals surface area contributed by atoms with E-state index in [0.29, 0.717) is 31.2 Å². The Morgan fingerprint density at radius 1 is 1.08 bits per heavy atom. The second-order valence-corrected chi connectivity index (χ2v) is 5.65. The third-order valence-electron chi connectivity index (χ3n) is 3.42. The van der Waals surface area contributed by atoms with Crippen molar-refractivity contribution in [2.24, 2.45) is 0 Å². The van der Waals surface area contributed by atoms with Gasteiger partial charge in [-0.05, 0) is 36.8 Å². The van der Waals surface area contributed by atoms with Crippen molar-refractivity contribution < 1.29 is 9.53 Å². The molecule has 0 saturated heterocycles. The molecule has 0 spiro atoms. The van der Waals surface area contributed by atoms with Crippen LogP contribution in [-0.4, -0.2) is 29.1 Å². The molecule has 0 unspecified atom stereocenters. The average molecular weight is 342 g/mol. The first kappa shape index (κ1) is 17.9. The van der Waals surface area contributed by atoms with E-state index in [9.17, 15) is 4.79 Å². The van der Waals surface area contributed by atoms with Gasteiger partial charge in [0.25, 0.3) is 0 Å². The minimum Gasteiger partial charge on any atom is -0.466 e. The Morgan fingerprint density at radius 2 is 1.71 bits per heavy atom. The molecule has 1 N–H and O–H groups in total. The number of thiocarbonyl (C=S) groups is 1. The largest absolute Gasteiger partial charge is 0.466 e. The lowest BCUT2D eigenvalue weighted by atomic mass is 10.2. The number of rotatable bonds is 7. The standard InChI is InChI=1S/C19H22N2O2S/c1-2-23-18(22)13-14-21(15-16-9-5-3-6-10-16)19(24)20-17-11-7-4-8-12-17/h3-12H,2,13-15H2,1H3,(H,20,24). The van der Waals surface area contributed by atoms with Gasteiger partial charge in [0.2, 0.25) is 0 Å². The van der Waals surface area contributed by atoms with Crippen LogP contribution in [-0.2, 0) is 16.1 Å². The van der Waals surface area contributed by atoms with E-state index in [1.54, 1.807) is 6.92 Å². The van der Waals surface area contributed by atoms with Crippen LogP contribution in [0.3, 0.4) is 0 Å². The normalized spacial score (nSPS) is 10.0. The molecule has 24 heavy (non-hydrogen) atoms. The summed E-state index contributed by atoms with van der Waals surface area (Å²) in [6, 6.07) is 19.8. The van der Waals surface area contributed by atoms with E-state index in [2.05, 4.69) is 5.32 Å². The Bertz CT molecular complexity index is 647. The molecular weight excluding hydrogens is 320 g/mol. The maximum Gasteiger partial charge on any atom is 0.307 e. The maximum absolute atomic E-state index is 11.7. The molecule has 5 heteroatoms. The number of benzene rings is 2. The highest BCUT2D eigenvalue weighted by Gasteiger charge is 2.13. The number of ether oxygens (including phenoxy) is 1. The van der Waals surface area contributed by atoms with Gasteiger partial charge >= 0.3 is 5.97 Å². The first-order valence-electron chi connectivity index (χ1n) is 7.99. The third kappa shape index (κ3) is 6.01. The zero-order valence-electron chi connectivity index (χ0n) is 13.8. The topological polar surface area (TPSA) is 41.6 Å². The second kappa shape index (κ2) is 9.67. The van der Waals surface area contributed by atoms with Gasteiger partial charge in [0.1, 0.15) is 0 Å². The van der Waals surface area contributed by atoms with Gasteiger partial charge < -0.3 is 15.0 Å². The van der Waals surface area contributed by atoms with Crippen LogP contribution in [0, 0.1) is 0 Å². The van der Waals surface area contributed by atoms with Crippen LogP contribution < -0.4 is 5.32 Å². The molecule has 2 aromatic carbocycles. The van der Waals surface area contributed by atoms with Gasteiger partial charge in [-0.25, -0.2) is 0 Å². The molecule has 2 aromatic rings. The molecule has 0 bridgehead atoms. The van der Waals surface area contributed by atoms with E-state index >= 15 is 0 Å². The van der Waals surface area contributed by atoms with Gasteiger partial charge in [0.05, 0.1) is 13.0 Å². The smallest absolute Gasteiger partial charge is 0.307 e. The van der Waals surface area contributed by atoms with E-state index in [4.69, 9.17) is 17.0 Å². The molecule has 0 aliphatic rings. The summed E-state index contributed by atoms with van der Waals surface area (Å²) < 4.78 is 5.01.